The van der Waals surface area contributed by atoms with Crippen LogP contribution in [0, 0.1) is 11.8 Å². The predicted octanol–water partition coefficient (Wildman–Crippen LogP) is 5.79. The van der Waals surface area contributed by atoms with Crippen LogP contribution in [0.25, 0.3) is 0 Å². The highest BCUT2D eigenvalue weighted by Crippen LogP contribution is 2.40. The number of ketones is 1. The predicted molar refractivity (Wildman–Crippen MR) is 124 cm³/mol. The summed E-state index contributed by atoms with van der Waals surface area (Å²) in [5.74, 6) is 2.43. The van der Waals surface area contributed by atoms with Crippen molar-refractivity contribution in [3.8, 4) is 11.5 Å². The van der Waals surface area contributed by atoms with Crippen molar-refractivity contribution in [2.24, 2.45) is 11.8 Å². The number of Topliss-reactive ketones (excluding diaryl/α,β-unsaturated/α-hetero) is 1. The number of hydrogen-bond acceptors (Lipinski definition) is 4. The zero-order chi connectivity index (χ0) is 21.8. The molecule has 1 unspecified atom stereocenters. The molecule has 2 aliphatic rings. The Balaban J connectivity index is 1.33. The van der Waals surface area contributed by atoms with Gasteiger partial charge in [-0.3, -0.25) is 9.69 Å². The molecule has 2 aromatic carbocycles. The summed E-state index contributed by atoms with van der Waals surface area (Å²) in [4.78, 5) is 15.6. The fourth-order valence-corrected chi connectivity index (χ4v) is 5.06. The molecular formula is C26H32ClNO3. The van der Waals surface area contributed by atoms with Crippen LogP contribution in [0.4, 0.5) is 0 Å². The third-order valence-electron chi connectivity index (χ3n) is 6.52. The fraction of sp³-hybridized carbons (Fsp3) is 0.500. The minimum atomic E-state index is 0.0918. The van der Waals surface area contributed by atoms with Gasteiger partial charge in [-0.25, -0.2) is 0 Å². The van der Waals surface area contributed by atoms with Crippen molar-refractivity contribution in [2.75, 3.05) is 26.3 Å². The number of ether oxygens (including phenoxy) is 2. The summed E-state index contributed by atoms with van der Waals surface area (Å²) < 4.78 is 11.5. The Morgan fingerprint density at radius 2 is 1.65 bits per heavy atom. The second kappa shape index (κ2) is 10.1. The van der Waals surface area contributed by atoms with Crippen LogP contribution in [0.2, 0.25) is 5.02 Å². The first kappa shape index (κ1) is 22.2. The third-order valence-corrected chi connectivity index (χ3v) is 6.77. The molecule has 1 heterocycles. The number of hydrogen-bond donors (Lipinski definition) is 0. The summed E-state index contributed by atoms with van der Waals surface area (Å²) in [6.45, 7) is 8.21. The molecule has 0 bridgehead atoms. The largest absolute Gasteiger partial charge is 0.490 e. The molecule has 0 N–H and O–H groups in total. The average molecular weight is 442 g/mol. The monoisotopic (exact) mass is 441 g/mol. The minimum Gasteiger partial charge on any atom is -0.490 e. The summed E-state index contributed by atoms with van der Waals surface area (Å²) in [7, 11) is 0. The number of likely N-dealkylation sites (tertiary alicyclic amines) is 1. The van der Waals surface area contributed by atoms with Crippen molar-refractivity contribution in [2.45, 2.75) is 46.1 Å². The standard InChI is InChI=1S/C26H32ClNO3/c1-3-30-24-15-20-14-21(26(29)23(20)16-25(24)31-4-2)13-18-9-11-28(12-10-18)17-19-5-7-22(27)8-6-19/h5-8,15-16,18,21H,3-4,9-14,17H2,1-2H3. The number of piperidine rings is 1. The van der Waals surface area contributed by atoms with E-state index in [4.69, 9.17) is 21.1 Å². The maximum absolute atomic E-state index is 13.1. The van der Waals surface area contributed by atoms with Crippen molar-refractivity contribution in [3.63, 3.8) is 0 Å². The summed E-state index contributed by atoms with van der Waals surface area (Å²) in [5, 5.41) is 0.784. The number of rotatable bonds is 8. The van der Waals surface area contributed by atoms with Gasteiger partial charge in [-0.05, 0) is 93.9 Å². The van der Waals surface area contributed by atoms with E-state index in [-0.39, 0.29) is 11.7 Å². The maximum Gasteiger partial charge on any atom is 0.166 e. The quantitative estimate of drug-likeness (QED) is 0.519. The van der Waals surface area contributed by atoms with Gasteiger partial charge in [0.2, 0.25) is 0 Å². The fourth-order valence-electron chi connectivity index (χ4n) is 4.94. The van der Waals surface area contributed by atoms with E-state index in [1.165, 1.54) is 5.56 Å². The van der Waals surface area contributed by atoms with Crippen LogP contribution in [-0.2, 0) is 13.0 Å². The van der Waals surface area contributed by atoms with E-state index in [0.29, 0.717) is 24.9 Å². The summed E-state index contributed by atoms with van der Waals surface area (Å²) in [6, 6.07) is 12.1. The Labute approximate surface area is 190 Å². The Kier molecular flexibility index (Phi) is 7.19. The number of fused-ring (bicyclic) bond motifs is 1. The van der Waals surface area contributed by atoms with Gasteiger partial charge in [0, 0.05) is 23.0 Å². The topological polar surface area (TPSA) is 38.8 Å². The van der Waals surface area contributed by atoms with Gasteiger partial charge in [0.1, 0.15) is 0 Å². The molecule has 1 atom stereocenters. The van der Waals surface area contributed by atoms with Gasteiger partial charge in [-0.15, -0.1) is 0 Å². The highest BCUT2D eigenvalue weighted by Gasteiger charge is 2.34. The second-order valence-electron chi connectivity index (χ2n) is 8.67. The van der Waals surface area contributed by atoms with Crippen LogP contribution in [0.15, 0.2) is 36.4 Å². The van der Waals surface area contributed by atoms with Crippen LogP contribution in [0.3, 0.4) is 0 Å². The number of halogens is 1. The molecule has 0 radical (unpaired) electrons. The maximum atomic E-state index is 13.1. The van der Waals surface area contributed by atoms with Gasteiger partial charge in [0.05, 0.1) is 13.2 Å². The molecule has 0 saturated carbocycles. The van der Waals surface area contributed by atoms with Crippen molar-refractivity contribution in [1.82, 2.24) is 4.90 Å². The molecular weight excluding hydrogens is 410 g/mol. The molecule has 166 valence electrons. The minimum absolute atomic E-state index is 0.0918. The molecule has 31 heavy (non-hydrogen) atoms. The summed E-state index contributed by atoms with van der Waals surface area (Å²) in [6.07, 6.45) is 4.12. The first-order chi connectivity index (χ1) is 15.1. The zero-order valence-corrected chi connectivity index (χ0v) is 19.3. The molecule has 2 aromatic rings. The van der Waals surface area contributed by atoms with Crippen molar-refractivity contribution < 1.29 is 14.3 Å². The Hall–Kier alpha value is -2.04. The second-order valence-corrected chi connectivity index (χ2v) is 9.11. The summed E-state index contributed by atoms with van der Waals surface area (Å²) in [5.41, 5.74) is 3.25. The lowest BCUT2D eigenvalue weighted by atomic mass is 9.85. The molecule has 1 fully saturated rings. The van der Waals surface area contributed by atoms with Gasteiger partial charge < -0.3 is 9.47 Å². The lowest BCUT2D eigenvalue weighted by Gasteiger charge is -2.33. The lowest BCUT2D eigenvalue weighted by molar-refractivity contribution is 0.0895. The van der Waals surface area contributed by atoms with Crippen LogP contribution in [-0.4, -0.2) is 37.0 Å². The van der Waals surface area contributed by atoms with Crippen molar-refractivity contribution in [3.05, 3.63) is 58.1 Å². The van der Waals surface area contributed by atoms with Gasteiger partial charge in [-0.1, -0.05) is 23.7 Å². The average Bonchev–Trinajstić information content (AvgIpc) is 3.06. The smallest absolute Gasteiger partial charge is 0.166 e. The zero-order valence-electron chi connectivity index (χ0n) is 18.5. The molecule has 1 saturated heterocycles. The van der Waals surface area contributed by atoms with Gasteiger partial charge in [-0.2, -0.15) is 0 Å². The van der Waals surface area contributed by atoms with Crippen LogP contribution < -0.4 is 9.47 Å². The SMILES string of the molecule is CCOc1cc2c(cc1OCC)C(=O)C(CC1CCN(Cc3ccc(Cl)cc3)CC1)C2. The van der Waals surface area contributed by atoms with E-state index in [2.05, 4.69) is 17.0 Å². The number of nitrogens with zero attached hydrogens (tertiary/aromatic N) is 1. The van der Waals surface area contributed by atoms with E-state index in [1.807, 2.05) is 38.1 Å². The van der Waals surface area contributed by atoms with Gasteiger partial charge >= 0.3 is 0 Å². The van der Waals surface area contributed by atoms with Gasteiger partial charge in [0.15, 0.2) is 17.3 Å². The highest BCUT2D eigenvalue weighted by atomic mass is 35.5. The van der Waals surface area contributed by atoms with E-state index < -0.39 is 0 Å². The van der Waals surface area contributed by atoms with E-state index in [9.17, 15) is 4.79 Å². The molecule has 4 nitrogen and oxygen atoms in total. The Bertz CT molecular complexity index is 904. The Morgan fingerprint density at radius 3 is 2.29 bits per heavy atom. The first-order valence-electron chi connectivity index (χ1n) is 11.5. The first-order valence-corrected chi connectivity index (χ1v) is 11.9. The van der Waals surface area contributed by atoms with E-state index in [0.717, 1.165) is 67.2 Å². The number of carbonyl (C=O) groups excluding carboxylic acids is 1. The number of carbonyl (C=O) groups is 1. The van der Waals surface area contributed by atoms with Gasteiger partial charge in [0.25, 0.3) is 0 Å². The molecule has 5 heteroatoms. The molecule has 0 aromatic heterocycles. The van der Waals surface area contributed by atoms with Crippen LogP contribution >= 0.6 is 11.6 Å². The third kappa shape index (κ3) is 5.24. The van der Waals surface area contributed by atoms with Crippen molar-refractivity contribution >= 4 is 17.4 Å². The van der Waals surface area contributed by atoms with Crippen LogP contribution in [0.1, 0.15) is 54.6 Å². The number of benzene rings is 2. The van der Waals surface area contributed by atoms with E-state index >= 15 is 0 Å². The highest BCUT2D eigenvalue weighted by molar-refractivity contribution is 6.30. The molecule has 1 aliphatic carbocycles. The van der Waals surface area contributed by atoms with Crippen LogP contribution in [0.5, 0.6) is 11.5 Å². The normalized spacial score (nSPS) is 19.5. The van der Waals surface area contributed by atoms with Crippen molar-refractivity contribution in [1.29, 1.82) is 0 Å². The molecule has 0 spiro atoms. The lowest BCUT2D eigenvalue weighted by Crippen LogP contribution is -2.34. The van der Waals surface area contributed by atoms with E-state index in [1.54, 1.807) is 0 Å². The molecule has 1 aliphatic heterocycles. The Morgan fingerprint density at radius 1 is 1.00 bits per heavy atom. The summed E-state index contributed by atoms with van der Waals surface area (Å²) >= 11 is 5.99. The molecule has 4 rings (SSSR count). The molecule has 0 amide bonds.